The van der Waals surface area contributed by atoms with Crippen LogP contribution in [0, 0.1) is 0 Å². The maximum atomic E-state index is 10.7. The van der Waals surface area contributed by atoms with Crippen molar-refractivity contribution in [3.63, 3.8) is 0 Å². The highest BCUT2D eigenvalue weighted by molar-refractivity contribution is 5.80. The van der Waals surface area contributed by atoms with Gasteiger partial charge in [0.1, 0.15) is 5.75 Å². The molecule has 0 saturated carbocycles. The van der Waals surface area contributed by atoms with Crippen LogP contribution in [0.2, 0.25) is 0 Å². The van der Waals surface area contributed by atoms with Crippen LogP contribution in [-0.4, -0.2) is 17.0 Å². The summed E-state index contributed by atoms with van der Waals surface area (Å²) in [7, 11) is 0. The smallest absolute Gasteiger partial charge is 0.258 e. The summed E-state index contributed by atoms with van der Waals surface area (Å²) in [4.78, 5) is 14.6. The van der Waals surface area contributed by atoms with Crippen molar-refractivity contribution < 1.29 is 9.53 Å². The van der Waals surface area contributed by atoms with E-state index in [0.29, 0.717) is 12.2 Å². The fourth-order valence-corrected chi connectivity index (χ4v) is 1.24. The van der Waals surface area contributed by atoms with E-state index in [4.69, 9.17) is 10.5 Å². The van der Waals surface area contributed by atoms with Crippen LogP contribution in [0.4, 0.5) is 0 Å². The number of hydrogen-bond acceptors (Lipinski definition) is 3. The number of ether oxygens (including phenoxy) is 1. The Bertz CT molecular complexity index is 300. The lowest BCUT2D eigenvalue weighted by atomic mass is 10.1. The normalized spacial score (nSPS) is 19.8. The Morgan fingerprint density at radius 1 is 1.75 bits per heavy atom. The molecule has 1 aliphatic heterocycles. The maximum absolute atomic E-state index is 10.7. The van der Waals surface area contributed by atoms with Crippen molar-refractivity contribution in [3.05, 3.63) is 24.0 Å². The number of pyridine rings is 1. The van der Waals surface area contributed by atoms with Gasteiger partial charge in [0.2, 0.25) is 0 Å². The first-order chi connectivity index (χ1) is 5.77. The number of hydrogen-bond donors (Lipinski definition) is 1. The molecule has 1 atom stereocenters. The SMILES string of the molecule is NC(=O)C1Cc2ccncc2O1. The number of primary amides is 1. The fraction of sp³-hybridized carbons (Fsp3) is 0.250. The molecule has 62 valence electrons. The summed E-state index contributed by atoms with van der Waals surface area (Å²) in [6.07, 6.45) is 3.32. The van der Waals surface area contributed by atoms with Crippen molar-refractivity contribution in [2.24, 2.45) is 5.73 Å². The summed E-state index contributed by atoms with van der Waals surface area (Å²) in [5.74, 6) is 0.243. The molecule has 4 heteroatoms. The summed E-state index contributed by atoms with van der Waals surface area (Å²) in [5, 5.41) is 0. The van der Waals surface area contributed by atoms with Crippen LogP contribution in [0.5, 0.6) is 5.75 Å². The van der Waals surface area contributed by atoms with E-state index in [9.17, 15) is 4.79 Å². The van der Waals surface area contributed by atoms with Gasteiger partial charge in [0, 0.05) is 18.2 Å². The molecule has 1 aliphatic rings. The van der Waals surface area contributed by atoms with Gasteiger partial charge in [-0.3, -0.25) is 9.78 Å². The fourth-order valence-electron chi connectivity index (χ4n) is 1.24. The predicted octanol–water partition coefficient (Wildman–Crippen LogP) is -0.130. The van der Waals surface area contributed by atoms with E-state index >= 15 is 0 Å². The van der Waals surface area contributed by atoms with Crippen molar-refractivity contribution in [2.45, 2.75) is 12.5 Å². The molecule has 2 heterocycles. The van der Waals surface area contributed by atoms with Crippen LogP contribution >= 0.6 is 0 Å². The molecule has 1 aromatic rings. The molecule has 0 aromatic carbocycles. The number of aromatic nitrogens is 1. The molecule has 2 N–H and O–H groups in total. The van der Waals surface area contributed by atoms with Gasteiger partial charge in [0.05, 0.1) is 6.20 Å². The van der Waals surface area contributed by atoms with Crippen molar-refractivity contribution in [1.29, 1.82) is 0 Å². The zero-order chi connectivity index (χ0) is 8.55. The van der Waals surface area contributed by atoms with Gasteiger partial charge in [-0.05, 0) is 6.07 Å². The molecule has 0 saturated heterocycles. The number of rotatable bonds is 1. The van der Waals surface area contributed by atoms with Gasteiger partial charge in [0.15, 0.2) is 6.10 Å². The van der Waals surface area contributed by atoms with Crippen LogP contribution in [0.15, 0.2) is 18.5 Å². The minimum Gasteiger partial charge on any atom is -0.478 e. The van der Waals surface area contributed by atoms with Crippen LogP contribution in [-0.2, 0) is 11.2 Å². The molecule has 1 unspecified atom stereocenters. The van der Waals surface area contributed by atoms with Crippen LogP contribution in [0.25, 0.3) is 0 Å². The molecule has 0 radical (unpaired) electrons. The number of amides is 1. The first-order valence-corrected chi connectivity index (χ1v) is 3.66. The quantitative estimate of drug-likeness (QED) is 0.628. The van der Waals surface area contributed by atoms with Gasteiger partial charge >= 0.3 is 0 Å². The van der Waals surface area contributed by atoms with Gasteiger partial charge in [0.25, 0.3) is 5.91 Å². The third kappa shape index (κ3) is 1.01. The molecular formula is C8H8N2O2. The zero-order valence-electron chi connectivity index (χ0n) is 6.36. The number of fused-ring (bicyclic) bond motifs is 1. The Kier molecular flexibility index (Phi) is 1.46. The Balaban J connectivity index is 2.27. The second kappa shape index (κ2) is 2.48. The zero-order valence-corrected chi connectivity index (χ0v) is 6.36. The molecule has 0 bridgehead atoms. The van der Waals surface area contributed by atoms with Gasteiger partial charge < -0.3 is 10.5 Å². The lowest BCUT2D eigenvalue weighted by molar-refractivity contribution is -0.123. The van der Waals surface area contributed by atoms with E-state index < -0.39 is 12.0 Å². The number of nitrogens with two attached hydrogens (primary N) is 1. The standard InChI is InChI=1S/C8H8N2O2/c9-8(11)6-3-5-1-2-10-4-7(5)12-6/h1-2,4,6H,3H2,(H2,9,11). The average molecular weight is 164 g/mol. The maximum Gasteiger partial charge on any atom is 0.258 e. The molecule has 1 aromatic heterocycles. The Hall–Kier alpha value is -1.58. The van der Waals surface area contributed by atoms with Crippen molar-refractivity contribution in [2.75, 3.05) is 0 Å². The van der Waals surface area contributed by atoms with Crippen molar-refractivity contribution in [3.8, 4) is 5.75 Å². The largest absolute Gasteiger partial charge is 0.478 e. The van der Waals surface area contributed by atoms with Crippen molar-refractivity contribution in [1.82, 2.24) is 4.98 Å². The minimum absolute atomic E-state index is 0.425. The second-order valence-electron chi connectivity index (χ2n) is 2.70. The number of nitrogens with zero attached hydrogens (tertiary/aromatic N) is 1. The molecule has 1 amide bonds. The highest BCUT2D eigenvalue weighted by atomic mass is 16.5. The number of carbonyl (C=O) groups is 1. The average Bonchev–Trinajstić information content (AvgIpc) is 2.46. The lowest BCUT2D eigenvalue weighted by Gasteiger charge is -2.03. The Labute approximate surface area is 69.4 Å². The molecule has 12 heavy (non-hydrogen) atoms. The second-order valence-corrected chi connectivity index (χ2v) is 2.70. The monoisotopic (exact) mass is 164 g/mol. The lowest BCUT2D eigenvalue weighted by Crippen LogP contribution is -2.31. The van der Waals surface area contributed by atoms with Crippen LogP contribution in [0.3, 0.4) is 0 Å². The topological polar surface area (TPSA) is 65.2 Å². The van der Waals surface area contributed by atoms with E-state index in [1.54, 1.807) is 12.4 Å². The molecule has 0 aliphatic carbocycles. The summed E-state index contributed by atoms with van der Waals surface area (Å²) in [6, 6.07) is 1.83. The van der Waals surface area contributed by atoms with E-state index in [0.717, 1.165) is 5.56 Å². The molecular weight excluding hydrogens is 156 g/mol. The third-order valence-electron chi connectivity index (χ3n) is 1.86. The predicted molar refractivity (Wildman–Crippen MR) is 41.6 cm³/mol. The Morgan fingerprint density at radius 3 is 3.25 bits per heavy atom. The summed E-state index contributed by atoms with van der Waals surface area (Å²) in [6.45, 7) is 0. The van der Waals surface area contributed by atoms with E-state index in [-0.39, 0.29) is 0 Å². The summed E-state index contributed by atoms with van der Waals surface area (Å²) < 4.78 is 5.23. The molecule has 2 rings (SSSR count). The highest BCUT2D eigenvalue weighted by Gasteiger charge is 2.26. The van der Waals surface area contributed by atoms with E-state index in [2.05, 4.69) is 4.98 Å². The van der Waals surface area contributed by atoms with Crippen molar-refractivity contribution >= 4 is 5.91 Å². The molecule has 0 spiro atoms. The van der Waals surface area contributed by atoms with Gasteiger partial charge in [-0.2, -0.15) is 0 Å². The van der Waals surface area contributed by atoms with E-state index in [1.807, 2.05) is 6.07 Å². The molecule has 0 fully saturated rings. The third-order valence-corrected chi connectivity index (χ3v) is 1.86. The van der Waals surface area contributed by atoms with Gasteiger partial charge in [-0.15, -0.1) is 0 Å². The Morgan fingerprint density at radius 2 is 2.58 bits per heavy atom. The van der Waals surface area contributed by atoms with Gasteiger partial charge in [-0.25, -0.2) is 0 Å². The first-order valence-electron chi connectivity index (χ1n) is 3.66. The van der Waals surface area contributed by atoms with Crippen LogP contribution in [0.1, 0.15) is 5.56 Å². The number of carbonyl (C=O) groups excluding carboxylic acids is 1. The minimum atomic E-state index is -0.510. The summed E-state index contributed by atoms with van der Waals surface area (Å²) >= 11 is 0. The van der Waals surface area contributed by atoms with E-state index in [1.165, 1.54) is 0 Å². The highest BCUT2D eigenvalue weighted by Crippen LogP contribution is 2.26. The summed E-state index contributed by atoms with van der Waals surface area (Å²) in [5.41, 5.74) is 6.09. The first kappa shape index (κ1) is 7.09. The van der Waals surface area contributed by atoms with Gasteiger partial charge in [-0.1, -0.05) is 0 Å². The molecule has 4 nitrogen and oxygen atoms in total. The van der Waals surface area contributed by atoms with Crippen LogP contribution < -0.4 is 10.5 Å².